The standard InChI is InChI=1S/C12H13ClN4S/c1-17-9(4-5-16-17)7-15-8-2-3-10(12(14)18)11(13)6-8/h2-6,15H,7H2,1H3,(H2,14,18). The maximum Gasteiger partial charge on any atom is 0.105 e. The third-order valence-corrected chi connectivity index (χ3v) is 3.16. The zero-order valence-electron chi connectivity index (χ0n) is 9.85. The highest BCUT2D eigenvalue weighted by Crippen LogP contribution is 2.21. The van der Waals surface area contributed by atoms with Crippen LogP contribution in [-0.4, -0.2) is 14.8 Å². The fourth-order valence-electron chi connectivity index (χ4n) is 1.59. The Morgan fingerprint density at radius 1 is 1.50 bits per heavy atom. The fourth-order valence-corrected chi connectivity index (χ4v) is 2.11. The van der Waals surface area contributed by atoms with Crippen LogP contribution in [0.1, 0.15) is 11.3 Å². The number of hydrogen-bond donors (Lipinski definition) is 2. The molecule has 0 spiro atoms. The molecule has 0 atom stereocenters. The van der Waals surface area contributed by atoms with Crippen molar-refractivity contribution in [2.75, 3.05) is 5.32 Å². The number of nitrogens with zero attached hydrogens (tertiary/aromatic N) is 2. The minimum absolute atomic E-state index is 0.304. The van der Waals surface area contributed by atoms with Gasteiger partial charge in [0.1, 0.15) is 4.99 Å². The second-order valence-electron chi connectivity index (χ2n) is 3.86. The van der Waals surface area contributed by atoms with Gasteiger partial charge in [0.15, 0.2) is 0 Å². The quantitative estimate of drug-likeness (QED) is 0.844. The van der Waals surface area contributed by atoms with Crippen LogP contribution >= 0.6 is 23.8 Å². The van der Waals surface area contributed by atoms with Crippen molar-refractivity contribution in [3.8, 4) is 0 Å². The van der Waals surface area contributed by atoms with Crippen LogP contribution in [0, 0.1) is 0 Å². The Morgan fingerprint density at radius 3 is 2.83 bits per heavy atom. The summed E-state index contributed by atoms with van der Waals surface area (Å²) in [6, 6.07) is 7.48. The van der Waals surface area contributed by atoms with E-state index in [-0.39, 0.29) is 0 Å². The second-order valence-corrected chi connectivity index (χ2v) is 4.71. The van der Waals surface area contributed by atoms with Crippen LogP contribution in [0.3, 0.4) is 0 Å². The lowest BCUT2D eigenvalue weighted by Gasteiger charge is -2.09. The van der Waals surface area contributed by atoms with Gasteiger partial charge >= 0.3 is 0 Å². The van der Waals surface area contributed by atoms with E-state index in [0.717, 1.165) is 11.4 Å². The molecule has 3 N–H and O–H groups in total. The van der Waals surface area contributed by atoms with Crippen molar-refractivity contribution in [1.29, 1.82) is 0 Å². The molecule has 0 amide bonds. The summed E-state index contributed by atoms with van der Waals surface area (Å²) in [4.78, 5) is 0.304. The number of thiocarbonyl (C=S) groups is 1. The first-order chi connectivity index (χ1) is 8.58. The Balaban J connectivity index is 2.09. The minimum Gasteiger partial charge on any atom is -0.389 e. The molecule has 6 heteroatoms. The van der Waals surface area contributed by atoms with E-state index in [2.05, 4.69) is 10.4 Å². The first kappa shape index (κ1) is 12.9. The number of anilines is 1. The molecule has 0 unspecified atom stereocenters. The lowest BCUT2D eigenvalue weighted by Crippen LogP contribution is -2.10. The number of hydrogen-bond acceptors (Lipinski definition) is 3. The van der Waals surface area contributed by atoms with Crippen molar-refractivity contribution in [1.82, 2.24) is 9.78 Å². The SMILES string of the molecule is Cn1nccc1CNc1ccc(C(N)=S)c(Cl)c1. The first-order valence-electron chi connectivity index (χ1n) is 5.38. The van der Waals surface area contributed by atoms with Gasteiger partial charge in [-0.25, -0.2) is 0 Å². The zero-order valence-corrected chi connectivity index (χ0v) is 11.4. The zero-order chi connectivity index (χ0) is 13.1. The molecular weight excluding hydrogens is 268 g/mol. The molecule has 0 radical (unpaired) electrons. The lowest BCUT2D eigenvalue weighted by atomic mass is 10.2. The number of aromatic nitrogens is 2. The largest absolute Gasteiger partial charge is 0.389 e. The maximum absolute atomic E-state index is 6.09. The van der Waals surface area contributed by atoms with E-state index in [4.69, 9.17) is 29.6 Å². The molecule has 0 saturated heterocycles. The van der Waals surface area contributed by atoms with Crippen LogP contribution in [0.25, 0.3) is 0 Å². The van der Waals surface area contributed by atoms with Crippen LogP contribution in [0.15, 0.2) is 30.5 Å². The lowest BCUT2D eigenvalue weighted by molar-refractivity contribution is 0.720. The van der Waals surface area contributed by atoms with Gasteiger partial charge in [0.25, 0.3) is 0 Å². The molecule has 94 valence electrons. The Hall–Kier alpha value is -1.59. The molecule has 1 aromatic heterocycles. The third kappa shape index (κ3) is 2.80. The highest BCUT2D eigenvalue weighted by atomic mass is 35.5. The molecule has 0 aliphatic carbocycles. The number of rotatable bonds is 4. The summed E-state index contributed by atoms with van der Waals surface area (Å²) in [6.45, 7) is 0.680. The van der Waals surface area contributed by atoms with Crippen molar-refractivity contribution in [2.45, 2.75) is 6.54 Å². The molecule has 0 aliphatic rings. The molecule has 0 saturated carbocycles. The first-order valence-corrected chi connectivity index (χ1v) is 6.16. The fraction of sp³-hybridized carbons (Fsp3) is 0.167. The van der Waals surface area contributed by atoms with Crippen LogP contribution in [0.2, 0.25) is 5.02 Å². The van der Waals surface area contributed by atoms with E-state index in [9.17, 15) is 0 Å². The second kappa shape index (κ2) is 5.37. The number of aryl methyl sites for hydroxylation is 1. The van der Waals surface area contributed by atoms with Gasteiger partial charge in [0, 0.05) is 24.5 Å². The number of halogens is 1. The normalized spacial score (nSPS) is 10.3. The van der Waals surface area contributed by atoms with Crippen LogP contribution < -0.4 is 11.1 Å². The van der Waals surface area contributed by atoms with Gasteiger partial charge in [-0.15, -0.1) is 0 Å². The molecular formula is C12H13ClN4S. The topological polar surface area (TPSA) is 55.9 Å². The Bertz CT molecular complexity index is 579. The Kier molecular flexibility index (Phi) is 3.84. The van der Waals surface area contributed by atoms with Crippen LogP contribution in [0.5, 0.6) is 0 Å². The van der Waals surface area contributed by atoms with Crippen molar-refractivity contribution < 1.29 is 0 Å². The van der Waals surface area contributed by atoms with Gasteiger partial charge in [-0.05, 0) is 24.3 Å². The summed E-state index contributed by atoms with van der Waals surface area (Å²) < 4.78 is 1.82. The average molecular weight is 281 g/mol. The van der Waals surface area contributed by atoms with E-state index in [1.54, 1.807) is 6.20 Å². The average Bonchev–Trinajstić information content (AvgIpc) is 2.72. The van der Waals surface area contributed by atoms with Gasteiger partial charge in [-0.2, -0.15) is 5.10 Å². The molecule has 0 bridgehead atoms. The molecule has 1 aromatic carbocycles. The highest BCUT2D eigenvalue weighted by molar-refractivity contribution is 7.80. The molecule has 0 aliphatic heterocycles. The van der Waals surface area contributed by atoms with Crippen molar-refractivity contribution >= 4 is 34.5 Å². The molecule has 2 rings (SSSR count). The summed E-state index contributed by atoms with van der Waals surface area (Å²) in [6.07, 6.45) is 1.76. The number of nitrogens with one attached hydrogen (secondary N) is 1. The van der Waals surface area contributed by atoms with E-state index in [1.165, 1.54) is 0 Å². The van der Waals surface area contributed by atoms with E-state index in [1.807, 2.05) is 36.0 Å². The summed E-state index contributed by atoms with van der Waals surface area (Å²) in [5.74, 6) is 0. The smallest absolute Gasteiger partial charge is 0.105 e. The third-order valence-electron chi connectivity index (χ3n) is 2.63. The van der Waals surface area contributed by atoms with Crippen molar-refractivity contribution in [3.63, 3.8) is 0 Å². The van der Waals surface area contributed by atoms with Gasteiger partial charge in [-0.3, -0.25) is 4.68 Å². The number of benzene rings is 1. The summed E-state index contributed by atoms with van der Waals surface area (Å²) in [7, 11) is 1.90. The summed E-state index contributed by atoms with van der Waals surface area (Å²) >= 11 is 11.0. The number of nitrogens with two attached hydrogens (primary N) is 1. The van der Waals surface area contributed by atoms with Gasteiger partial charge in [-0.1, -0.05) is 23.8 Å². The van der Waals surface area contributed by atoms with Gasteiger partial charge in [0.2, 0.25) is 0 Å². The minimum atomic E-state index is 0.304. The van der Waals surface area contributed by atoms with Crippen LogP contribution in [-0.2, 0) is 13.6 Å². The van der Waals surface area contributed by atoms with Gasteiger partial charge < -0.3 is 11.1 Å². The Labute approximate surface area is 116 Å². The van der Waals surface area contributed by atoms with E-state index in [0.29, 0.717) is 22.1 Å². The molecule has 2 aromatic rings. The highest BCUT2D eigenvalue weighted by Gasteiger charge is 2.04. The van der Waals surface area contributed by atoms with Crippen molar-refractivity contribution in [3.05, 3.63) is 46.7 Å². The summed E-state index contributed by atoms with van der Waals surface area (Å²) in [5, 5.41) is 7.92. The maximum atomic E-state index is 6.09. The van der Waals surface area contributed by atoms with Crippen molar-refractivity contribution in [2.24, 2.45) is 12.8 Å². The summed E-state index contributed by atoms with van der Waals surface area (Å²) in [5.41, 5.74) is 8.25. The molecule has 0 fully saturated rings. The van der Waals surface area contributed by atoms with Crippen LogP contribution in [0.4, 0.5) is 5.69 Å². The Morgan fingerprint density at radius 2 is 2.28 bits per heavy atom. The molecule has 18 heavy (non-hydrogen) atoms. The molecule has 4 nitrogen and oxygen atoms in total. The monoisotopic (exact) mass is 280 g/mol. The predicted octanol–water partition coefficient (Wildman–Crippen LogP) is 2.32. The molecule has 1 heterocycles. The van der Waals surface area contributed by atoms with E-state index < -0.39 is 0 Å². The van der Waals surface area contributed by atoms with Gasteiger partial charge in [0.05, 0.1) is 17.3 Å². The predicted molar refractivity (Wildman–Crippen MR) is 77.9 cm³/mol. The van der Waals surface area contributed by atoms with E-state index >= 15 is 0 Å².